The highest BCUT2D eigenvalue weighted by molar-refractivity contribution is 9.10. The molecule has 0 aliphatic carbocycles. The molecule has 0 aliphatic heterocycles. The van der Waals surface area contributed by atoms with Crippen LogP contribution in [0.1, 0.15) is 35.7 Å². The molecule has 1 amide bonds. The van der Waals surface area contributed by atoms with Crippen LogP contribution in [0.15, 0.2) is 71.5 Å². The van der Waals surface area contributed by atoms with Crippen LogP contribution in [0.4, 0.5) is 5.13 Å². The SMILES string of the molecule is CCCCOc1cccc(C(=O)N(Cc2cccnc2)c2nc3ccc(Br)cc3s2)c1. The van der Waals surface area contributed by atoms with Gasteiger partial charge in [-0.3, -0.25) is 14.7 Å². The van der Waals surface area contributed by atoms with Crippen molar-refractivity contribution in [2.45, 2.75) is 26.3 Å². The molecule has 4 aromatic rings. The molecule has 2 aromatic carbocycles. The number of unbranched alkanes of at least 4 members (excludes halogenated alkanes) is 1. The summed E-state index contributed by atoms with van der Waals surface area (Å²) in [6, 6.07) is 17.1. The second-order valence-corrected chi connectivity index (χ2v) is 9.02. The van der Waals surface area contributed by atoms with Crippen molar-refractivity contribution in [2.75, 3.05) is 11.5 Å². The summed E-state index contributed by atoms with van der Waals surface area (Å²) < 4.78 is 7.81. The van der Waals surface area contributed by atoms with Crippen molar-refractivity contribution in [1.82, 2.24) is 9.97 Å². The van der Waals surface area contributed by atoms with E-state index in [1.807, 2.05) is 48.5 Å². The van der Waals surface area contributed by atoms with E-state index < -0.39 is 0 Å². The lowest BCUT2D eigenvalue weighted by molar-refractivity contribution is 0.0984. The first-order valence-corrected chi connectivity index (χ1v) is 11.7. The third-order valence-electron chi connectivity index (χ3n) is 4.73. The van der Waals surface area contributed by atoms with E-state index in [1.54, 1.807) is 23.4 Å². The van der Waals surface area contributed by atoms with Gasteiger partial charge in [0.2, 0.25) is 0 Å². The number of pyridine rings is 1. The molecule has 2 heterocycles. The summed E-state index contributed by atoms with van der Waals surface area (Å²) >= 11 is 5.00. The summed E-state index contributed by atoms with van der Waals surface area (Å²) in [5, 5.41) is 0.652. The first-order valence-electron chi connectivity index (χ1n) is 10.1. The molecule has 4 rings (SSSR count). The fourth-order valence-electron chi connectivity index (χ4n) is 3.11. The average molecular weight is 496 g/mol. The summed E-state index contributed by atoms with van der Waals surface area (Å²) in [6.07, 6.45) is 5.54. The van der Waals surface area contributed by atoms with Gasteiger partial charge in [-0.05, 0) is 54.4 Å². The maximum absolute atomic E-state index is 13.6. The number of hydrogen-bond acceptors (Lipinski definition) is 5. The fraction of sp³-hybridized carbons (Fsp3) is 0.208. The molecule has 0 fully saturated rings. The van der Waals surface area contributed by atoms with Gasteiger partial charge in [-0.25, -0.2) is 4.98 Å². The monoisotopic (exact) mass is 495 g/mol. The zero-order valence-corrected chi connectivity index (χ0v) is 19.5. The molecule has 5 nitrogen and oxygen atoms in total. The van der Waals surface area contributed by atoms with Crippen molar-refractivity contribution in [2.24, 2.45) is 0 Å². The number of benzene rings is 2. The first kappa shape index (κ1) is 21.5. The minimum Gasteiger partial charge on any atom is -0.494 e. The molecule has 2 aromatic heterocycles. The number of aromatic nitrogens is 2. The van der Waals surface area contributed by atoms with Crippen molar-refractivity contribution < 1.29 is 9.53 Å². The van der Waals surface area contributed by atoms with Gasteiger partial charge in [0.1, 0.15) is 5.75 Å². The van der Waals surface area contributed by atoms with Crippen LogP contribution in [-0.2, 0) is 6.54 Å². The molecule has 0 N–H and O–H groups in total. The van der Waals surface area contributed by atoms with Crippen LogP contribution in [-0.4, -0.2) is 22.5 Å². The van der Waals surface area contributed by atoms with E-state index in [9.17, 15) is 4.79 Å². The Hall–Kier alpha value is -2.77. The van der Waals surface area contributed by atoms with Gasteiger partial charge in [0, 0.05) is 22.4 Å². The average Bonchev–Trinajstić information content (AvgIpc) is 3.21. The Morgan fingerprint density at radius 3 is 2.87 bits per heavy atom. The van der Waals surface area contributed by atoms with Gasteiger partial charge in [-0.1, -0.05) is 52.7 Å². The number of rotatable bonds is 8. The van der Waals surface area contributed by atoms with Crippen LogP contribution in [0.5, 0.6) is 5.75 Å². The quantitative estimate of drug-likeness (QED) is 0.262. The van der Waals surface area contributed by atoms with Gasteiger partial charge >= 0.3 is 0 Å². The van der Waals surface area contributed by atoms with Crippen molar-refractivity contribution in [3.05, 3.63) is 82.6 Å². The Morgan fingerprint density at radius 2 is 2.06 bits per heavy atom. The topological polar surface area (TPSA) is 55.3 Å². The Morgan fingerprint density at radius 1 is 1.16 bits per heavy atom. The zero-order valence-electron chi connectivity index (χ0n) is 17.1. The van der Waals surface area contributed by atoms with Gasteiger partial charge in [0.05, 0.1) is 23.4 Å². The number of hydrogen-bond donors (Lipinski definition) is 0. The zero-order chi connectivity index (χ0) is 21.6. The van der Waals surface area contributed by atoms with Gasteiger partial charge in [0.25, 0.3) is 5.91 Å². The first-order chi connectivity index (χ1) is 15.1. The highest BCUT2D eigenvalue weighted by Crippen LogP contribution is 2.32. The van der Waals surface area contributed by atoms with Crippen LogP contribution in [0.3, 0.4) is 0 Å². The molecule has 0 aliphatic rings. The Kier molecular flexibility index (Phi) is 6.94. The maximum Gasteiger partial charge on any atom is 0.260 e. The summed E-state index contributed by atoms with van der Waals surface area (Å²) in [6.45, 7) is 3.14. The lowest BCUT2D eigenvalue weighted by Gasteiger charge is -2.20. The van der Waals surface area contributed by atoms with Crippen LogP contribution in [0, 0.1) is 0 Å². The number of anilines is 1. The van der Waals surface area contributed by atoms with Crippen LogP contribution in [0.2, 0.25) is 0 Å². The van der Waals surface area contributed by atoms with E-state index in [0.29, 0.717) is 29.6 Å². The maximum atomic E-state index is 13.6. The smallest absolute Gasteiger partial charge is 0.260 e. The largest absolute Gasteiger partial charge is 0.494 e. The molecular formula is C24H22BrN3O2S. The van der Waals surface area contributed by atoms with Crippen LogP contribution >= 0.6 is 27.3 Å². The highest BCUT2D eigenvalue weighted by atomic mass is 79.9. The second-order valence-electron chi connectivity index (χ2n) is 7.09. The summed E-state index contributed by atoms with van der Waals surface area (Å²) in [5.41, 5.74) is 2.37. The lowest BCUT2D eigenvalue weighted by Crippen LogP contribution is -2.30. The molecule has 0 saturated heterocycles. The van der Waals surface area contributed by atoms with E-state index in [4.69, 9.17) is 9.72 Å². The van der Waals surface area contributed by atoms with E-state index >= 15 is 0 Å². The van der Waals surface area contributed by atoms with Gasteiger partial charge in [-0.2, -0.15) is 0 Å². The van der Waals surface area contributed by atoms with Crippen molar-refractivity contribution >= 4 is 48.5 Å². The molecule has 0 saturated carbocycles. The summed E-state index contributed by atoms with van der Waals surface area (Å²) in [4.78, 5) is 24.2. The molecule has 0 atom stereocenters. The van der Waals surface area contributed by atoms with Crippen LogP contribution < -0.4 is 9.64 Å². The second kappa shape index (κ2) is 10.0. The molecule has 0 unspecified atom stereocenters. The highest BCUT2D eigenvalue weighted by Gasteiger charge is 2.22. The summed E-state index contributed by atoms with van der Waals surface area (Å²) in [5.74, 6) is 0.580. The number of halogens is 1. The molecule has 0 radical (unpaired) electrons. The number of amides is 1. The number of carbonyl (C=O) groups is 1. The van der Waals surface area contributed by atoms with Gasteiger partial charge in [0.15, 0.2) is 5.13 Å². The Balaban J connectivity index is 1.68. The van der Waals surface area contributed by atoms with Crippen molar-refractivity contribution in [1.29, 1.82) is 0 Å². The van der Waals surface area contributed by atoms with E-state index in [-0.39, 0.29) is 5.91 Å². The molecular weight excluding hydrogens is 474 g/mol. The lowest BCUT2D eigenvalue weighted by atomic mass is 10.1. The van der Waals surface area contributed by atoms with Crippen molar-refractivity contribution in [3.63, 3.8) is 0 Å². The number of nitrogens with zero attached hydrogens (tertiary/aromatic N) is 3. The Bertz CT molecular complexity index is 1180. The van der Waals surface area contributed by atoms with E-state index in [2.05, 4.69) is 27.8 Å². The van der Waals surface area contributed by atoms with Crippen LogP contribution in [0.25, 0.3) is 10.2 Å². The number of thiazole rings is 1. The molecule has 0 spiro atoms. The minimum atomic E-state index is -0.122. The third-order valence-corrected chi connectivity index (χ3v) is 6.26. The summed E-state index contributed by atoms with van der Waals surface area (Å²) in [7, 11) is 0. The standard InChI is InChI=1S/C24H22BrN3O2S/c1-2-3-12-30-20-8-4-7-18(13-20)23(29)28(16-17-6-5-11-26-15-17)24-27-21-10-9-19(25)14-22(21)31-24/h4-11,13-15H,2-3,12,16H2,1H3. The Labute approximate surface area is 193 Å². The third kappa shape index (κ3) is 5.29. The predicted molar refractivity (Wildman–Crippen MR) is 129 cm³/mol. The van der Waals surface area contributed by atoms with Gasteiger partial charge in [-0.15, -0.1) is 0 Å². The fourth-order valence-corrected chi connectivity index (χ4v) is 4.63. The molecule has 31 heavy (non-hydrogen) atoms. The molecule has 0 bridgehead atoms. The van der Waals surface area contributed by atoms with E-state index in [1.165, 1.54) is 11.3 Å². The number of ether oxygens (including phenoxy) is 1. The van der Waals surface area contributed by atoms with Crippen molar-refractivity contribution in [3.8, 4) is 5.75 Å². The molecule has 158 valence electrons. The number of fused-ring (bicyclic) bond motifs is 1. The number of carbonyl (C=O) groups excluding carboxylic acids is 1. The minimum absolute atomic E-state index is 0.122. The van der Waals surface area contributed by atoms with Gasteiger partial charge < -0.3 is 4.74 Å². The van der Waals surface area contributed by atoms with E-state index in [0.717, 1.165) is 33.1 Å². The predicted octanol–water partition coefficient (Wildman–Crippen LogP) is 6.48. The molecule has 7 heteroatoms. The normalized spacial score (nSPS) is 10.9.